The standard InChI is InChI=1S/C34H38FN7O3/c1-22(28-20-36-29-8-6-5-7-26(28)29)31(37-34(45)41-17-15-40(16-18-41)25-12-10-24(35)11-13-25)33(44)42-30-19-23(21-38(2)3)9-14-27(30)32(43)39(42)4/h5-14,19-20,22,31,36H,15-18,21H2,1-4H3,(H,37,45)/t22-,31+/m0/s1. The molecule has 45 heavy (non-hydrogen) atoms. The van der Waals surface area contributed by atoms with Gasteiger partial charge in [-0.2, -0.15) is 0 Å². The normalized spacial score (nSPS) is 15.2. The molecule has 1 saturated heterocycles. The molecule has 10 nitrogen and oxygen atoms in total. The van der Waals surface area contributed by atoms with Crippen molar-refractivity contribution in [2.24, 2.45) is 7.05 Å². The molecule has 2 atom stereocenters. The lowest BCUT2D eigenvalue weighted by atomic mass is 9.92. The number of hydrogen-bond acceptors (Lipinski definition) is 5. The van der Waals surface area contributed by atoms with Crippen molar-refractivity contribution < 1.29 is 14.0 Å². The van der Waals surface area contributed by atoms with Crippen molar-refractivity contribution in [3.05, 3.63) is 100 Å². The average molecular weight is 612 g/mol. The number of nitrogens with one attached hydrogen (secondary N) is 2. The number of carbonyl (C=O) groups is 2. The van der Waals surface area contributed by atoms with Crippen LogP contribution in [0, 0.1) is 5.82 Å². The molecular formula is C34H38FN7O3. The number of para-hydroxylation sites is 1. The van der Waals surface area contributed by atoms with E-state index in [4.69, 9.17) is 0 Å². The number of piperazine rings is 1. The number of amides is 2. The largest absolute Gasteiger partial charge is 0.368 e. The number of rotatable bonds is 7. The molecule has 5 aromatic rings. The summed E-state index contributed by atoms with van der Waals surface area (Å²) in [6.07, 6.45) is 1.88. The number of aromatic amines is 1. The van der Waals surface area contributed by atoms with Crippen molar-refractivity contribution in [3.63, 3.8) is 0 Å². The number of anilines is 1. The van der Waals surface area contributed by atoms with Crippen LogP contribution in [0.3, 0.4) is 0 Å². The van der Waals surface area contributed by atoms with E-state index in [2.05, 4.69) is 15.2 Å². The molecule has 0 spiro atoms. The molecule has 0 radical (unpaired) electrons. The van der Waals surface area contributed by atoms with Crippen LogP contribution in [0.2, 0.25) is 0 Å². The third-order valence-electron chi connectivity index (χ3n) is 8.74. The van der Waals surface area contributed by atoms with Gasteiger partial charge in [0.05, 0.1) is 10.9 Å². The highest BCUT2D eigenvalue weighted by molar-refractivity contribution is 5.97. The lowest BCUT2D eigenvalue weighted by Gasteiger charge is -2.37. The van der Waals surface area contributed by atoms with Crippen LogP contribution in [0.15, 0.2) is 77.7 Å². The number of hydrogen-bond donors (Lipinski definition) is 2. The summed E-state index contributed by atoms with van der Waals surface area (Å²) in [5, 5.41) is 4.46. The van der Waals surface area contributed by atoms with Gasteiger partial charge in [-0.15, -0.1) is 0 Å². The molecule has 2 amide bonds. The fraction of sp³-hybridized carbons (Fsp3) is 0.324. The molecule has 0 bridgehead atoms. The quantitative estimate of drug-likeness (QED) is 0.285. The molecule has 0 unspecified atom stereocenters. The molecule has 1 aliphatic heterocycles. The lowest BCUT2D eigenvalue weighted by Crippen LogP contribution is -2.56. The SMILES string of the molecule is C[C@@H](c1c[nH]c2ccccc12)[C@@H](NC(=O)N1CCN(c2ccc(F)cc2)CC1)C(=O)n1c2cc(CN(C)C)ccc2c(=O)n1C. The molecule has 2 N–H and O–H groups in total. The molecule has 1 fully saturated rings. The van der Waals surface area contributed by atoms with Gasteiger partial charge in [-0.3, -0.25) is 9.59 Å². The lowest BCUT2D eigenvalue weighted by molar-refractivity contribution is 0.0817. The van der Waals surface area contributed by atoms with Crippen molar-refractivity contribution in [2.45, 2.75) is 25.4 Å². The molecule has 11 heteroatoms. The second kappa shape index (κ2) is 12.2. The summed E-state index contributed by atoms with van der Waals surface area (Å²) in [5.41, 5.74) is 3.90. The first-order valence-electron chi connectivity index (χ1n) is 15.1. The molecule has 3 heterocycles. The van der Waals surface area contributed by atoms with Crippen molar-refractivity contribution in [1.82, 2.24) is 29.5 Å². The molecule has 0 saturated carbocycles. The number of H-pyrrole nitrogens is 1. The van der Waals surface area contributed by atoms with Crippen LogP contribution < -0.4 is 15.8 Å². The van der Waals surface area contributed by atoms with Crippen LogP contribution in [-0.2, 0) is 13.6 Å². The summed E-state index contributed by atoms with van der Waals surface area (Å²) < 4.78 is 16.2. The number of aromatic nitrogens is 3. The Bertz CT molecular complexity index is 1920. The van der Waals surface area contributed by atoms with E-state index >= 15 is 0 Å². The highest BCUT2D eigenvalue weighted by Crippen LogP contribution is 2.29. The molecule has 0 aliphatic carbocycles. The van der Waals surface area contributed by atoms with Gasteiger partial charge in [0.15, 0.2) is 0 Å². The van der Waals surface area contributed by atoms with Crippen molar-refractivity contribution in [2.75, 3.05) is 45.2 Å². The van der Waals surface area contributed by atoms with Crippen LogP contribution in [-0.4, -0.2) is 82.4 Å². The molecule has 6 rings (SSSR count). The van der Waals surface area contributed by atoms with Gasteiger partial charge in [-0.05, 0) is 67.7 Å². The Balaban J connectivity index is 1.33. The highest BCUT2D eigenvalue weighted by atomic mass is 19.1. The molecular weight excluding hydrogens is 573 g/mol. The van der Waals surface area contributed by atoms with Crippen molar-refractivity contribution in [1.29, 1.82) is 0 Å². The molecule has 2 aromatic heterocycles. The zero-order valence-electron chi connectivity index (χ0n) is 26.0. The van der Waals surface area contributed by atoms with Crippen LogP contribution in [0.4, 0.5) is 14.9 Å². The summed E-state index contributed by atoms with van der Waals surface area (Å²) in [6, 6.07) is 18.4. The maximum Gasteiger partial charge on any atom is 0.318 e. The second-order valence-corrected chi connectivity index (χ2v) is 12.0. The van der Waals surface area contributed by atoms with Crippen LogP contribution in [0.5, 0.6) is 0 Å². The minimum Gasteiger partial charge on any atom is -0.368 e. The van der Waals surface area contributed by atoms with E-state index in [1.165, 1.54) is 21.5 Å². The van der Waals surface area contributed by atoms with Crippen LogP contribution >= 0.6 is 0 Å². The minimum atomic E-state index is -0.981. The Morgan fingerprint density at radius 2 is 1.69 bits per heavy atom. The van der Waals surface area contributed by atoms with Gasteiger partial charge in [0, 0.05) is 68.5 Å². The third kappa shape index (κ3) is 5.83. The Kier molecular flexibility index (Phi) is 8.20. The van der Waals surface area contributed by atoms with Gasteiger partial charge in [-0.1, -0.05) is 31.2 Å². The summed E-state index contributed by atoms with van der Waals surface area (Å²) in [6.45, 7) is 4.58. The number of urea groups is 1. The maximum atomic E-state index is 14.6. The van der Waals surface area contributed by atoms with E-state index in [9.17, 15) is 18.8 Å². The van der Waals surface area contributed by atoms with E-state index in [0.717, 1.165) is 27.7 Å². The summed E-state index contributed by atoms with van der Waals surface area (Å²) in [4.78, 5) is 50.8. The fourth-order valence-electron chi connectivity index (χ4n) is 6.32. The van der Waals surface area contributed by atoms with E-state index in [1.807, 2.05) is 68.5 Å². The zero-order chi connectivity index (χ0) is 31.8. The molecule has 3 aromatic carbocycles. The Morgan fingerprint density at radius 1 is 0.978 bits per heavy atom. The summed E-state index contributed by atoms with van der Waals surface area (Å²) in [7, 11) is 5.50. The van der Waals surface area contributed by atoms with Gasteiger partial charge in [0.25, 0.3) is 11.5 Å². The van der Waals surface area contributed by atoms with Gasteiger partial charge >= 0.3 is 6.03 Å². The number of halogens is 1. The van der Waals surface area contributed by atoms with Crippen molar-refractivity contribution in [3.8, 4) is 0 Å². The Hall–Kier alpha value is -4.90. The third-order valence-corrected chi connectivity index (χ3v) is 8.74. The maximum absolute atomic E-state index is 14.6. The molecule has 234 valence electrons. The Morgan fingerprint density at radius 3 is 2.40 bits per heavy atom. The summed E-state index contributed by atoms with van der Waals surface area (Å²) in [5.74, 6) is -1.13. The zero-order valence-corrected chi connectivity index (χ0v) is 26.0. The van der Waals surface area contributed by atoms with Gasteiger partial charge < -0.3 is 25.0 Å². The van der Waals surface area contributed by atoms with Crippen molar-refractivity contribution >= 4 is 39.4 Å². The molecule has 1 aliphatic rings. The predicted molar refractivity (Wildman–Crippen MR) is 174 cm³/mol. The first-order valence-corrected chi connectivity index (χ1v) is 15.1. The van der Waals surface area contributed by atoms with E-state index in [1.54, 1.807) is 30.1 Å². The van der Waals surface area contributed by atoms with E-state index in [0.29, 0.717) is 43.6 Å². The van der Waals surface area contributed by atoms with Crippen LogP contribution in [0.25, 0.3) is 21.8 Å². The van der Waals surface area contributed by atoms with Gasteiger partial charge in [0.1, 0.15) is 11.9 Å². The smallest absolute Gasteiger partial charge is 0.318 e. The van der Waals surface area contributed by atoms with Crippen LogP contribution in [0.1, 0.15) is 28.8 Å². The van der Waals surface area contributed by atoms with E-state index < -0.39 is 17.9 Å². The predicted octanol–water partition coefficient (Wildman–Crippen LogP) is 4.37. The first-order chi connectivity index (χ1) is 21.6. The number of carbonyl (C=O) groups excluding carboxylic acids is 2. The summed E-state index contributed by atoms with van der Waals surface area (Å²) >= 11 is 0. The van der Waals surface area contributed by atoms with Gasteiger partial charge in [-0.25, -0.2) is 18.5 Å². The fourth-order valence-corrected chi connectivity index (χ4v) is 6.32. The number of nitrogens with zero attached hydrogens (tertiary/aromatic N) is 5. The number of fused-ring (bicyclic) bond motifs is 2. The average Bonchev–Trinajstić information content (AvgIpc) is 3.57. The van der Waals surface area contributed by atoms with E-state index in [-0.39, 0.29) is 17.4 Å². The topological polar surface area (TPSA) is 98.6 Å². The minimum absolute atomic E-state index is 0.281. The van der Waals surface area contributed by atoms with Gasteiger partial charge in [0.2, 0.25) is 0 Å². The monoisotopic (exact) mass is 611 g/mol. The first kappa shape index (κ1) is 30.1. The second-order valence-electron chi connectivity index (χ2n) is 12.0. The Labute approximate surface area is 260 Å². The number of benzene rings is 3. The highest BCUT2D eigenvalue weighted by Gasteiger charge is 2.34.